The van der Waals surface area contributed by atoms with E-state index in [9.17, 15) is 0 Å². The van der Waals surface area contributed by atoms with Crippen molar-refractivity contribution in [2.75, 3.05) is 0 Å². The average Bonchev–Trinajstić information content (AvgIpc) is 2.57. The van der Waals surface area contributed by atoms with E-state index in [0.717, 1.165) is 28.9 Å². The summed E-state index contributed by atoms with van der Waals surface area (Å²) in [6.07, 6.45) is 2.08. The van der Waals surface area contributed by atoms with Crippen molar-refractivity contribution in [3.63, 3.8) is 0 Å². The van der Waals surface area contributed by atoms with Gasteiger partial charge in [-0.15, -0.1) is 0 Å². The van der Waals surface area contributed by atoms with Crippen LogP contribution in [0.2, 0.25) is 0 Å². The zero-order valence-corrected chi connectivity index (χ0v) is 11.5. The first-order chi connectivity index (χ1) is 7.56. The zero-order chi connectivity index (χ0) is 11.7. The van der Waals surface area contributed by atoms with Gasteiger partial charge in [-0.3, -0.25) is 0 Å². The third-order valence-corrected chi connectivity index (χ3v) is 3.09. The number of hydrogen-bond acceptors (Lipinski definition) is 2. The highest BCUT2D eigenvalue weighted by molar-refractivity contribution is 9.10. The standard InChI is InChI=1S/C12H16BrN3/c1-8(2)4-5-11-14-12-7-9(3)6-10(13)16(12)15-11/h6-8H,4-5H2,1-3H3. The summed E-state index contributed by atoms with van der Waals surface area (Å²) in [5.74, 6) is 1.62. The molecular formula is C12H16BrN3. The van der Waals surface area contributed by atoms with Crippen molar-refractivity contribution in [3.8, 4) is 0 Å². The SMILES string of the molecule is Cc1cc(Br)n2nc(CCC(C)C)nc2c1. The van der Waals surface area contributed by atoms with Gasteiger partial charge in [-0.1, -0.05) is 13.8 Å². The van der Waals surface area contributed by atoms with Gasteiger partial charge in [0, 0.05) is 6.42 Å². The normalized spacial score (nSPS) is 11.6. The second-order valence-electron chi connectivity index (χ2n) is 4.59. The maximum absolute atomic E-state index is 4.53. The maximum Gasteiger partial charge on any atom is 0.157 e. The van der Waals surface area contributed by atoms with Gasteiger partial charge >= 0.3 is 0 Å². The first-order valence-corrected chi connectivity index (χ1v) is 6.37. The summed E-state index contributed by atoms with van der Waals surface area (Å²) in [6.45, 7) is 6.50. The molecule has 0 amide bonds. The van der Waals surface area contributed by atoms with Crippen molar-refractivity contribution in [2.45, 2.75) is 33.6 Å². The van der Waals surface area contributed by atoms with E-state index in [-0.39, 0.29) is 0 Å². The van der Waals surface area contributed by atoms with E-state index < -0.39 is 0 Å². The highest BCUT2D eigenvalue weighted by Crippen LogP contribution is 2.16. The highest BCUT2D eigenvalue weighted by Gasteiger charge is 2.07. The quantitative estimate of drug-likeness (QED) is 0.808. The van der Waals surface area contributed by atoms with Crippen LogP contribution in [0.3, 0.4) is 0 Å². The first-order valence-electron chi connectivity index (χ1n) is 5.58. The summed E-state index contributed by atoms with van der Waals surface area (Å²) in [5, 5.41) is 4.48. The van der Waals surface area contributed by atoms with Crippen LogP contribution in [0, 0.1) is 12.8 Å². The van der Waals surface area contributed by atoms with Gasteiger partial charge in [0.1, 0.15) is 4.60 Å². The summed E-state index contributed by atoms with van der Waals surface area (Å²) < 4.78 is 2.81. The number of hydrogen-bond donors (Lipinski definition) is 0. The number of aromatic nitrogens is 3. The highest BCUT2D eigenvalue weighted by atomic mass is 79.9. The molecule has 2 rings (SSSR count). The molecule has 0 aliphatic carbocycles. The molecule has 0 aliphatic heterocycles. The molecule has 86 valence electrons. The van der Waals surface area contributed by atoms with Gasteiger partial charge in [0.2, 0.25) is 0 Å². The third-order valence-electron chi connectivity index (χ3n) is 2.53. The van der Waals surface area contributed by atoms with Crippen molar-refractivity contribution in [3.05, 3.63) is 28.1 Å². The number of pyridine rings is 1. The Labute approximate surface area is 104 Å². The molecule has 3 nitrogen and oxygen atoms in total. The molecule has 2 heterocycles. The monoisotopic (exact) mass is 281 g/mol. The maximum atomic E-state index is 4.53. The lowest BCUT2D eigenvalue weighted by Crippen LogP contribution is -1.95. The zero-order valence-electron chi connectivity index (χ0n) is 9.87. The topological polar surface area (TPSA) is 30.2 Å². The van der Waals surface area contributed by atoms with Crippen LogP contribution in [0.25, 0.3) is 5.65 Å². The molecule has 0 aromatic carbocycles. The second-order valence-corrected chi connectivity index (χ2v) is 5.40. The minimum Gasteiger partial charge on any atom is -0.212 e. The van der Waals surface area contributed by atoms with Gasteiger partial charge in [-0.2, -0.15) is 5.10 Å². The Bertz CT molecular complexity index is 502. The fourth-order valence-electron chi connectivity index (χ4n) is 1.64. The molecule has 0 radical (unpaired) electrons. The molecular weight excluding hydrogens is 266 g/mol. The summed E-state index contributed by atoms with van der Waals surface area (Å²) in [4.78, 5) is 4.53. The summed E-state index contributed by atoms with van der Waals surface area (Å²) >= 11 is 3.50. The van der Waals surface area contributed by atoms with E-state index in [2.05, 4.69) is 52.9 Å². The summed E-state index contributed by atoms with van der Waals surface area (Å²) in [7, 11) is 0. The van der Waals surface area contributed by atoms with Crippen LogP contribution in [-0.2, 0) is 6.42 Å². The Morgan fingerprint density at radius 2 is 2.12 bits per heavy atom. The van der Waals surface area contributed by atoms with E-state index in [4.69, 9.17) is 0 Å². The Morgan fingerprint density at radius 3 is 2.81 bits per heavy atom. The number of rotatable bonds is 3. The van der Waals surface area contributed by atoms with Gasteiger partial charge in [-0.05, 0) is 52.9 Å². The second kappa shape index (κ2) is 4.53. The molecule has 0 fully saturated rings. The molecule has 4 heteroatoms. The number of fused-ring (bicyclic) bond motifs is 1. The van der Waals surface area contributed by atoms with Gasteiger partial charge in [0.05, 0.1) is 0 Å². The molecule has 0 bridgehead atoms. The molecule has 16 heavy (non-hydrogen) atoms. The number of aryl methyl sites for hydroxylation is 2. The van der Waals surface area contributed by atoms with Crippen LogP contribution >= 0.6 is 15.9 Å². The molecule has 0 atom stereocenters. The molecule has 0 saturated heterocycles. The predicted molar refractivity (Wildman–Crippen MR) is 68.6 cm³/mol. The number of nitrogens with zero attached hydrogens (tertiary/aromatic N) is 3. The first kappa shape index (κ1) is 11.6. The van der Waals surface area contributed by atoms with Crippen LogP contribution < -0.4 is 0 Å². The average molecular weight is 282 g/mol. The smallest absolute Gasteiger partial charge is 0.157 e. The largest absolute Gasteiger partial charge is 0.212 e. The lowest BCUT2D eigenvalue weighted by Gasteiger charge is -1.99. The van der Waals surface area contributed by atoms with Gasteiger partial charge < -0.3 is 0 Å². The lowest BCUT2D eigenvalue weighted by molar-refractivity contribution is 0.574. The number of halogens is 1. The van der Waals surface area contributed by atoms with Crippen LogP contribution in [0.15, 0.2) is 16.7 Å². The molecule has 0 N–H and O–H groups in total. The van der Waals surface area contributed by atoms with Crippen molar-refractivity contribution >= 4 is 21.6 Å². The van der Waals surface area contributed by atoms with Gasteiger partial charge in [0.25, 0.3) is 0 Å². The molecule has 2 aromatic heterocycles. The summed E-state index contributed by atoms with van der Waals surface area (Å²) in [6, 6.07) is 4.10. The Hall–Kier alpha value is -0.900. The Kier molecular flexibility index (Phi) is 3.28. The van der Waals surface area contributed by atoms with Gasteiger partial charge in [0.15, 0.2) is 11.5 Å². The minimum atomic E-state index is 0.691. The van der Waals surface area contributed by atoms with E-state index in [1.807, 2.05) is 10.6 Å². The van der Waals surface area contributed by atoms with E-state index in [1.54, 1.807) is 0 Å². The van der Waals surface area contributed by atoms with E-state index in [0.29, 0.717) is 5.92 Å². The van der Waals surface area contributed by atoms with E-state index in [1.165, 1.54) is 5.56 Å². The van der Waals surface area contributed by atoms with Crippen molar-refractivity contribution in [2.24, 2.45) is 5.92 Å². The van der Waals surface area contributed by atoms with Crippen molar-refractivity contribution in [1.82, 2.24) is 14.6 Å². The predicted octanol–water partition coefficient (Wildman–Crippen LogP) is 3.39. The van der Waals surface area contributed by atoms with Crippen molar-refractivity contribution in [1.29, 1.82) is 0 Å². The van der Waals surface area contributed by atoms with E-state index >= 15 is 0 Å². The Balaban J connectivity index is 2.33. The van der Waals surface area contributed by atoms with Crippen LogP contribution in [0.1, 0.15) is 31.7 Å². The van der Waals surface area contributed by atoms with Crippen LogP contribution in [0.5, 0.6) is 0 Å². The van der Waals surface area contributed by atoms with Crippen LogP contribution in [-0.4, -0.2) is 14.6 Å². The third kappa shape index (κ3) is 2.43. The van der Waals surface area contributed by atoms with Gasteiger partial charge in [-0.25, -0.2) is 9.50 Å². The fourth-order valence-corrected chi connectivity index (χ4v) is 2.26. The van der Waals surface area contributed by atoms with Crippen LogP contribution in [0.4, 0.5) is 0 Å². The molecule has 2 aromatic rings. The Morgan fingerprint density at radius 1 is 1.38 bits per heavy atom. The van der Waals surface area contributed by atoms with Crippen molar-refractivity contribution < 1.29 is 0 Å². The minimum absolute atomic E-state index is 0.691. The molecule has 0 saturated carbocycles. The fraction of sp³-hybridized carbons (Fsp3) is 0.500. The molecule has 0 unspecified atom stereocenters. The lowest BCUT2D eigenvalue weighted by atomic mass is 10.1. The summed E-state index contributed by atoms with van der Waals surface area (Å²) in [5.41, 5.74) is 2.12. The molecule has 0 spiro atoms. The molecule has 0 aliphatic rings.